The molecular formula is C21H20N4O+2. The predicted molar refractivity (Wildman–Crippen MR) is 97.6 cm³/mol. The standard InChI is InChI=1S/C21H18N4O/c26-21(23-13-16-12-22-11-15-5-1-2-6-17(15)16)19-18-7-3-4-10-25(18)20(24-19)14-8-9-14/h1-7,10-12,14H,8-9,13H2,(H,23,26)/p+2. The van der Waals surface area contributed by atoms with E-state index in [0.717, 1.165) is 27.7 Å². The summed E-state index contributed by atoms with van der Waals surface area (Å²) < 4.78 is 2.11. The molecule has 1 amide bonds. The summed E-state index contributed by atoms with van der Waals surface area (Å²) >= 11 is 0. The van der Waals surface area contributed by atoms with Crippen LogP contribution in [-0.2, 0) is 6.54 Å². The normalized spacial score (nSPS) is 14.0. The van der Waals surface area contributed by atoms with E-state index in [2.05, 4.69) is 31.8 Å². The summed E-state index contributed by atoms with van der Waals surface area (Å²) in [5.74, 6) is 1.59. The first kappa shape index (κ1) is 15.1. The molecular weight excluding hydrogens is 324 g/mol. The summed E-state index contributed by atoms with van der Waals surface area (Å²) in [6.45, 7) is 0.480. The lowest BCUT2D eigenvalue weighted by Gasteiger charge is -2.04. The molecule has 1 fully saturated rings. The van der Waals surface area contributed by atoms with Crippen molar-refractivity contribution in [3.8, 4) is 0 Å². The van der Waals surface area contributed by atoms with Crippen molar-refractivity contribution in [1.82, 2.24) is 10.3 Å². The van der Waals surface area contributed by atoms with Crippen molar-refractivity contribution in [2.24, 2.45) is 0 Å². The Kier molecular flexibility index (Phi) is 3.45. The van der Waals surface area contributed by atoms with Gasteiger partial charge in [0.1, 0.15) is 0 Å². The van der Waals surface area contributed by atoms with Crippen molar-refractivity contribution in [3.05, 3.63) is 78.1 Å². The topological polar surface area (TPSA) is 63.1 Å². The molecule has 0 aliphatic heterocycles. The lowest BCUT2D eigenvalue weighted by atomic mass is 10.1. The van der Waals surface area contributed by atoms with E-state index in [1.165, 1.54) is 12.8 Å². The van der Waals surface area contributed by atoms with Crippen LogP contribution in [0.5, 0.6) is 0 Å². The summed E-state index contributed by atoms with van der Waals surface area (Å²) in [4.78, 5) is 19.4. The van der Waals surface area contributed by atoms with Crippen molar-refractivity contribution in [3.63, 3.8) is 0 Å². The van der Waals surface area contributed by atoms with Crippen LogP contribution in [0.2, 0.25) is 0 Å². The third-order valence-corrected chi connectivity index (χ3v) is 5.06. The van der Waals surface area contributed by atoms with Gasteiger partial charge in [-0.2, -0.15) is 4.40 Å². The second kappa shape index (κ2) is 5.95. The second-order valence-electron chi connectivity index (χ2n) is 6.87. The van der Waals surface area contributed by atoms with Gasteiger partial charge in [0, 0.05) is 17.5 Å². The van der Waals surface area contributed by atoms with Crippen LogP contribution in [-0.4, -0.2) is 10.9 Å². The average Bonchev–Trinajstić information content (AvgIpc) is 3.46. The fourth-order valence-electron chi connectivity index (χ4n) is 3.57. The van der Waals surface area contributed by atoms with Gasteiger partial charge in [-0.3, -0.25) is 4.79 Å². The molecule has 4 aromatic rings. The van der Waals surface area contributed by atoms with E-state index < -0.39 is 0 Å². The molecule has 0 saturated heterocycles. The maximum Gasteiger partial charge on any atom is 0.295 e. The number of hydrogen-bond donors (Lipinski definition) is 2. The molecule has 5 heteroatoms. The van der Waals surface area contributed by atoms with Gasteiger partial charge < -0.3 is 5.32 Å². The van der Waals surface area contributed by atoms with Crippen molar-refractivity contribution < 1.29 is 14.2 Å². The van der Waals surface area contributed by atoms with Gasteiger partial charge in [-0.15, -0.1) is 0 Å². The number of amides is 1. The number of nitrogens with zero attached hydrogens (tertiary/aromatic N) is 1. The average molecular weight is 344 g/mol. The molecule has 5 rings (SSSR count). The van der Waals surface area contributed by atoms with Gasteiger partial charge in [-0.25, -0.2) is 9.97 Å². The first-order chi connectivity index (χ1) is 12.8. The molecule has 0 bridgehead atoms. The number of carbonyl (C=O) groups excluding carboxylic acids is 1. The Balaban J connectivity index is 1.45. The zero-order valence-corrected chi connectivity index (χ0v) is 14.3. The molecule has 26 heavy (non-hydrogen) atoms. The molecule has 1 aliphatic rings. The molecule has 1 aliphatic carbocycles. The van der Waals surface area contributed by atoms with E-state index >= 15 is 0 Å². The number of hydrogen-bond acceptors (Lipinski definition) is 1. The molecule has 1 saturated carbocycles. The van der Waals surface area contributed by atoms with Gasteiger partial charge >= 0.3 is 0 Å². The molecule has 0 spiro atoms. The molecule has 1 aromatic carbocycles. The van der Waals surface area contributed by atoms with Crippen LogP contribution in [0.3, 0.4) is 0 Å². The van der Waals surface area contributed by atoms with Crippen LogP contribution >= 0.6 is 0 Å². The Morgan fingerprint density at radius 3 is 2.88 bits per heavy atom. The number of fused-ring (bicyclic) bond motifs is 2. The van der Waals surface area contributed by atoms with Crippen LogP contribution in [0.25, 0.3) is 16.3 Å². The van der Waals surface area contributed by atoms with Gasteiger partial charge in [-0.1, -0.05) is 24.3 Å². The van der Waals surface area contributed by atoms with E-state index in [1.807, 2.05) is 48.9 Å². The summed E-state index contributed by atoms with van der Waals surface area (Å²) in [6.07, 6.45) is 8.31. The maximum absolute atomic E-state index is 12.9. The first-order valence-corrected chi connectivity index (χ1v) is 8.99. The minimum Gasteiger partial charge on any atom is -0.344 e. The largest absolute Gasteiger partial charge is 0.344 e. The SMILES string of the molecule is O=C(NCc1c[nH+]cc2ccccc12)c1[nH]c(C2CC2)[n+]2ccccc12. The maximum atomic E-state index is 12.9. The number of carbonyl (C=O) groups is 1. The lowest BCUT2D eigenvalue weighted by molar-refractivity contribution is -0.521. The Bertz CT molecular complexity index is 1120. The monoisotopic (exact) mass is 344 g/mol. The van der Waals surface area contributed by atoms with Crippen molar-refractivity contribution >= 4 is 22.2 Å². The third-order valence-electron chi connectivity index (χ3n) is 5.06. The zero-order chi connectivity index (χ0) is 17.5. The van der Waals surface area contributed by atoms with Crippen molar-refractivity contribution in [2.75, 3.05) is 0 Å². The van der Waals surface area contributed by atoms with Crippen molar-refractivity contribution in [1.29, 1.82) is 0 Å². The van der Waals surface area contributed by atoms with E-state index in [-0.39, 0.29) is 5.91 Å². The number of rotatable bonds is 4. The molecule has 0 radical (unpaired) electrons. The summed E-state index contributed by atoms with van der Waals surface area (Å²) in [7, 11) is 0. The number of nitrogens with one attached hydrogen (secondary N) is 3. The molecule has 128 valence electrons. The third kappa shape index (κ3) is 2.52. The lowest BCUT2D eigenvalue weighted by Crippen LogP contribution is -2.26. The van der Waals surface area contributed by atoms with E-state index in [0.29, 0.717) is 18.2 Å². The minimum atomic E-state index is -0.0754. The zero-order valence-electron chi connectivity index (χ0n) is 14.3. The Morgan fingerprint density at radius 2 is 2.00 bits per heavy atom. The van der Waals surface area contributed by atoms with E-state index in [4.69, 9.17) is 0 Å². The minimum absolute atomic E-state index is 0.0754. The molecule has 5 nitrogen and oxygen atoms in total. The highest BCUT2D eigenvalue weighted by Gasteiger charge is 2.35. The number of imidazole rings is 1. The highest BCUT2D eigenvalue weighted by Crippen LogP contribution is 2.38. The molecule has 3 heterocycles. The van der Waals surface area contributed by atoms with Crippen LogP contribution < -0.4 is 14.7 Å². The van der Waals surface area contributed by atoms with Gasteiger partial charge in [0.2, 0.25) is 5.69 Å². The summed E-state index contributed by atoms with van der Waals surface area (Å²) in [5, 5.41) is 5.35. The van der Waals surface area contributed by atoms with E-state index in [1.54, 1.807) is 0 Å². The number of aromatic amines is 2. The van der Waals surface area contributed by atoms with Crippen molar-refractivity contribution in [2.45, 2.75) is 25.3 Å². The Hall–Kier alpha value is -3.21. The predicted octanol–water partition coefficient (Wildman–Crippen LogP) is 2.53. The Labute approximate surface area is 150 Å². The highest BCUT2D eigenvalue weighted by molar-refractivity contribution is 5.98. The Morgan fingerprint density at radius 1 is 1.15 bits per heavy atom. The van der Waals surface area contributed by atoms with Gasteiger partial charge in [0.15, 0.2) is 17.9 Å². The number of benzene rings is 1. The highest BCUT2D eigenvalue weighted by atomic mass is 16.1. The first-order valence-electron chi connectivity index (χ1n) is 8.99. The quantitative estimate of drug-likeness (QED) is 0.549. The number of H-pyrrole nitrogens is 2. The van der Waals surface area contributed by atoms with Crippen LogP contribution in [0, 0.1) is 0 Å². The van der Waals surface area contributed by atoms with E-state index in [9.17, 15) is 4.79 Å². The molecule has 0 atom stereocenters. The van der Waals surface area contributed by atoms with Crippen LogP contribution in [0.15, 0.2) is 61.1 Å². The fraction of sp³-hybridized carbons (Fsp3) is 0.190. The summed E-state index contributed by atoms with van der Waals surface area (Å²) in [5.41, 5.74) is 2.63. The summed E-state index contributed by atoms with van der Waals surface area (Å²) in [6, 6.07) is 14.1. The molecule has 3 N–H and O–H groups in total. The van der Waals surface area contributed by atoms with Crippen LogP contribution in [0.4, 0.5) is 0 Å². The number of aromatic nitrogens is 3. The van der Waals surface area contributed by atoms with Crippen LogP contribution in [0.1, 0.15) is 40.6 Å². The molecule has 0 unspecified atom stereocenters. The van der Waals surface area contributed by atoms with Gasteiger partial charge in [0.25, 0.3) is 11.7 Å². The second-order valence-corrected chi connectivity index (χ2v) is 6.87. The number of pyridine rings is 2. The smallest absolute Gasteiger partial charge is 0.295 e. The molecule has 3 aromatic heterocycles. The van der Waals surface area contributed by atoms with Gasteiger partial charge in [0.05, 0.1) is 12.1 Å². The fourth-order valence-corrected chi connectivity index (χ4v) is 3.57. The van der Waals surface area contributed by atoms with Gasteiger partial charge in [-0.05, 0) is 36.4 Å².